The summed E-state index contributed by atoms with van der Waals surface area (Å²) in [6.45, 7) is 8.03. The van der Waals surface area contributed by atoms with Gasteiger partial charge in [-0.05, 0) is 27.7 Å². The Hall–Kier alpha value is 0.794. The van der Waals surface area contributed by atoms with Crippen LogP contribution in [0, 0.1) is 0 Å². The monoisotopic (exact) mass is 376 g/mol. The molecule has 0 heterocycles. The molecule has 0 aromatic heterocycles. The van der Waals surface area contributed by atoms with E-state index in [4.69, 9.17) is 8.43 Å². The quantitative estimate of drug-likeness (QED) is 0.406. The summed E-state index contributed by atoms with van der Waals surface area (Å²) >= 11 is 1.79. The molecule has 0 rings (SSSR count). The minimum atomic E-state index is -2.80. The summed E-state index contributed by atoms with van der Waals surface area (Å²) in [5.41, 5.74) is 6.47. The van der Waals surface area contributed by atoms with Crippen LogP contribution < -0.4 is 0 Å². The van der Waals surface area contributed by atoms with Crippen LogP contribution in [-0.2, 0) is 13.0 Å². The van der Waals surface area contributed by atoms with Crippen LogP contribution in [0.4, 0.5) is 0 Å². The molecule has 0 bridgehead atoms. The normalized spacial score (nSPS) is 15.8. The molecule has 0 aliphatic heterocycles. The van der Waals surface area contributed by atoms with Crippen molar-refractivity contribution in [1.82, 2.24) is 0 Å². The van der Waals surface area contributed by atoms with Crippen molar-refractivity contribution in [2.75, 3.05) is 0 Å². The van der Waals surface area contributed by atoms with E-state index in [1.165, 1.54) is 11.1 Å². The standard InChI is InChI=1S/C8H18IO3PSi2/c1-7(2)5-14-11-13(9,10)12-15-6-8(3)4/h5-6H,14-15H2,1-4H3. The van der Waals surface area contributed by atoms with Gasteiger partial charge in [0.25, 0.3) is 0 Å². The highest BCUT2D eigenvalue weighted by Crippen LogP contribution is 2.56. The van der Waals surface area contributed by atoms with Gasteiger partial charge in [0.05, 0.1) is 22.0 Å². The van der Waals surface area contributed by atoms with Crippen LogP contribution in [0.1, 0.15) is 27.7 Å². The second kappa shape index (κ2) is 7.97. The lowest BCUT2D eigenvalue weighted by Crippen LogP contribution is -1.97. The summed E-state index contributed by atoms with van der Waals surface area (Å²) in [5.74, 6) is 0. The second-order valence-corrected chi connectivity index (χ2v) is 11.5. The fourth-order valence-electron chi connectivity index (χ4n) is 0.623. The lowest BCUT2D eigenvalue weighted by molar-refractivity contribution is 0.435. The van der Waals surface area contributed by atoms with Gasteiger partial charge in [-0.15, -0.1) is 0 Å². The van der Waals surface area contributed by atoms with Gasteiger partial charge >= 0.3 is 5.24 Å². The molecule has 0 amide bonds. The molecule has 0 aliphatic rings. The molecule has 0 aliphatic carbocycles. The molecule has 15 heavy (non-hydrogen) atoms. The molecular formula is C8H18IO3PSi2. The van der Waals surface area contributed by atoms with Gasteiger partial charge in [-0.25, -0.2) is 0 Å². The van der Waals surface area contributed by atoms with E-state index in [-0.39, 0.29) is 0 Å². The summed E-state index contributed by atoms with van der Waals surface area (Å²) < 4.78 is 22.4. The third kappa shape index (κ3) is 11.1. The van der Waals surface area contributed by atoms with Gasteiger partial charge in [0.1, 0.15) is 0 Å². The van der Waals surface area contributed by atoms with Crippen LogP contribution in [0.3, 0.4) is 0 Å². The summed E-state index contributed by atoms with van der Waals surface area (Å²) in [7, 11) is -1.69. The fraction of sp³-hybridized carbons (Fsp3) is 0.500. The Bertz CT molecular complexity index is 270. The number of rotatable bonds is 6. The zero-order valence-corrected chi connectivity index (χ0v) is 15.5. The van der Waals surface area contributed by atoms with Gasteiger partial charge in [-0.1, -0.05) is 22.5 Å². The summed E-state index contributed by atoms with van der Waals surface area (Å²) in [5, 5.41) is -2.80. The van der Waals surface area contributed by atoms with Crippen LogP contribution in [0.15, 0.2) is 22.5 Å². The Morgan fingerprint density at radius 2 is 1.40 bits per heavy atom. The third-order valence-electron chi connectivity index (χ3n) is 1.44. The maximum Gasteiger partial charge on any atom is 0.369 e. The molecule has 0 N–H and O–H groups in total. The van der Waals surface area contributed by atoms with Crippen molar-refractivity contribution < 1.29 is 13.0 Å². The minimum absolute atomic E-state index is 0.844. The molecule has 0 aromatic carbocycles. The van der Waals surface area contributed by atoms with Crippen molar-refractivity contribution in [3.8, 4) is 0 Å². The molecule has 0 spiro atoms. The molecule has 88 valence electrons. The highest BCUT2D eigenvalue weighted by molar-refractivity contribution is 14.2. The third-order valence-corrected chi connectivity index (χ3v) is 12.1. The van der Waals surface area contributed by atoms with Crippen LogP contribution in [0.2, 0.25) is 0 Å². The van der Waals surface area contributed by atoms with Crippen molar-refractivity contribution in [3.05, 3.63) is 22.5 Å². The predicted molar refractivity (Wildman–Crippen MR) is 79.7 cm³/mol. The lowest BCUT2D eigenvalue weighted by atomic mass is 10.4. The van der Waals surface area contributed by atoms with Gasteiger partial charge in [0.15, 0.2) is 19.5 Å². The Balaban J connectivity index is 3.93. The zero-order valence-electron chi connectivity index (χ0n) is 9.62. The van der Waals surface area contributed by atoms with E-state index in [2.05, 4.69) is 0 Å². The number of allylic oxidation sites excluding steroid dienone is 2. The maximum atomic E-state index is 11.7. The van der Waals surface area contributed by atoms with E-state index in [0.717, 1.165) is 0 Å². The molecule has 0 radical (unpaired) electrons. The Morgan fingerprint density at radius 1 is 1.07 bits per heavy atom. The SMILES string of the molecule is CC(C)=C[SiH2]OP(=O)(I)O[SiH2]C=C(C)C. The van der Waals surface area contributed by atoms with Gasteiger partial charge in [0, 0.05) is 0 Å². The first kappa shape index (κ1) is 15.8. The van der Waals surface area contributed by atoms with Gasteiger partial charge < -0.3 is 8.43 Å². The first-order chi connectivity index (χ1) is 6.83. The van der Waals surface area contributed by atoms with Gasteiger partial charge in [0.2, 0.25) is 0 Å². The minimum Gasteiger partial charge on any atom is -0.347 e. The van der Waals surface area contributed by atoms with E-state index in [1.54, 1.807) is 22.0 Å². The van der Waals surface area contributed by atoms with E-state index < -0.39 is 24.8 Å². The van der Waals surface area contributed by atoms with Crippen LogP contribution >= 0.6 is 27.3 Å². The van der Waals surface area contributed by atoms with E-state index >= 15 is 0 Å². The topological polar surface area (TPSA) is 35.5 Å². The molecule has 0 saturated carbocycles. The number of halogens is 1. The molecule has 0 unspecified atom stereocenters. The molecule has 0 saturated heterocycles. The second-order valence-electron chi connectivity index (χ2n) is 3.59. The Kier molecular flexibility index (Phi) is 8.39. The van der Waals surface area contributed by atoms with E-state index in [9.17, 15) is 4.57 Å². The van der Waals surface area contributed by atoms with Gasteiger partial charge in [-0.3, -0.25) is 4.57 Å². The molecule has 0 atom stereocenters. The smallest absolute Gasteiger partial charge is 0.347 e. The number of hydrogen-bond donors (Lipinski definition) is 0. The van der Waals surface area contributed by atoms with Crippen molar-refractivity contribution >= 4 is 46.8 Å². The van der Waals surface area contributed by atoms with Crippen LogP contribution in [0.5, 0.6) is 0 Å². The van der Waals surface area contributed by atoms with Crippen molar-refractivity contribution in [1.29, 1.82) is 0 Å². The first-order valence-corrected chi connectivity index (χ1v) is 11.8. The zero-order chi connectivity index (χ0) is 11.9. The highest BCUT2D eigenvalue weighted by Gasteiger charge is 2.17. The summed E-state index contributed by atoms with van der Waals surface area (Å²) in [6.07, 6.45) is 0. The average molecular weight is 376 g/mol. The summed E-state index contributed by atoms with van der Waals surface area (Å²) in [6, 6.07) is 0. The lowest BCUT2D eigenvalue weighted by Gasteiger charge is -2.10. The first-order valence-electron chi connectivity index (χ1n) is 4.69. The summed E-state index contributed by atoms with van der Waals surface area (Å²) in [4.78, 5) is 0. The van der Waals surface area contributed by atoms with Gasteiger partial charge in [-0.2, -0.15) is 0 Å². The van der Waals surface area contributed by atoms with Crippen molar-refractivity contribution in [3.63, 3.8) is 0 Å². The van der Waals surface area contributed by atoms with Crippen LogP contribution in [-0.4, -0.2) is 19.5 Å². The Labute approximate surface area is 110 Å². The van der Waals surface area contributed by atoms with Crippen molar-refractivity contribution in [2.24, 2.45) is 0 Å². The molecule has 0 aromatic rings. The van der Waals surface area contributed by atoms with Crippen LogP contribution in [0.25, 0.3) is 0 Å². The fourth-order valence-corrected chi connectivity index (χ4v) is 7.17. The largest absolute Gasteiger partial charge is 0.369 e. The predicted octanol–water partition coefficient (Wildman–Crippen LogP) is 2.58. The van der Waals surface area contributed by atoms with Crippen molar-refractivity contribution in [2.45, 2.75) is 27.7 Å². The van der Waals surface area contributed by atoms with E-state index in [0.29, 0.717) is 0 Å². The molecule has 7 heteroatoms. The molecular weight excluding hydrogens is 358 g/mol. The highest BCUT2D eigenvalue weighted by atomic mass is 127. The Morgan fingerprint density at radius 3 is 1.67 bits per heavy atom. The van der Waals surface area contributed by atoms with E-state index in [1.807, 2.05) is 39.1 Å². The molecule has 3 nitrogen and oxygen atoms in total. The maximum absolute atomic E-state index is 11.7. The molecule has 0 fully saturated rings. The number of hydrogen-bond acceptors (Lipinski definition) is 3. The average Bonchev–Trinajstić information content (AvgIpc) is 2.01.